The molecule has 19 heavy (non-hydrogen) atoms. The first-order valence-corrected chi connectivity index (χ1v) is 6.92. The summed E-state index contributed by atoms with van der Waals surface area (Å²) in [5.74, 6) is 0.461. The molecule has 0 radical (unpaired) electrons. The average molecular weight is 267 g/mol. The molecule has 0 aliphatic carbocycles. The number of halogens is 1. The van der Waals surface area contributed by atoms with Crippen LogP contribution in [0, 0.1) is 5.82 Å². The number of rotatable bonds is 6. The smallest absolute Gasteiger partial charge is 0.131 e. The molecule has 1 aromatic rings. The largest absolute Gasteiger partial charge is 0.491 e. The van der Waals surface area contributed by atoms with E-state index in [0.717, 1.165) is 13.1 Å². The number of methoxy groups -OCH3 is 1. The Bertz CT molecular complexity index is 392. The van der Waals surface area contributed by atoms with Gasteiger partial charge in [0.15, 0.2) is 0 Å². The van der Waals surface area contributed by atoms with Gasteiger partial charge in [0.1, 0.15) is 18.2 Å². The van der Waals surface area contributed by atoms with Crippen LogP contribution in [0.1, 0.15) is 24.8 Å². The van der Waals surface area contributed by atoms with E-state index in [1.54, 1.807) is 13.2 Å². The fraction of sp³-hybridized carbons (Fsp3) is 0.600. The predicted octanol–water partition coefficient (Wildman–Crippen LogP) is 2.84. The van der Waals surface area contributed by atoms with Gasteiger partial charge < -0.3 is 9.47 Å². The molecule has 0 N–H and O–H groups in total. The van der Waals surface area contributed by atoms with Crippen molar-refractivity contribution in [2.75, 3.05) is 33.4 Å². The highest BCUT2D eigenvalue weighted by Gasteiger charge is 2.16. The molecule has 0 spiro atoms. The Kier molecular flexibility index (Phi) is 5.61. The van der Waals surface area contributed by atoms with Gasteiger partial charge in [-0.15, -0.1) is 0 Å². The maximum absolute atomic E-state index is 14.0. The lowest BCUT2D eigenvalue weighted by molar-refractivity contribution is 0.143. The van der Waals surface area contributed by atoms with Crippen molar-refractivity contribution in [3.05, 3.63) is 29.6 Å². The Hall–Kier alpha value is -1.13. The first-order chi connectivity index (χ1) is 9.31. The Morgan fingerprint density at radius 1 is 1.16 bits per heavy atom. The third-order valence-electron chi connectivity index (χ3n) is 3.45. The lowest BCUT2D eigenvalue weighted by atomic mass is 10.1. The number of nitrogens with zero attached hydrogens (tertiary/aromatic N) is 1. The summed E-state index contributed by atoms with van der Waals surface area (Å²) in [7, 11) is 1.63. The van der Waals surface area contributed by atoms with Crippen LogP contribution in [0.25, 0.3) is 0 Å². The molecule has 0 saturated carbocycles. The summed E-state index contributed by atoms with van der Waals surface area (Å²) in [5.41, 5.74) is 0.667. The minimum Gasteiger partial charge on any atom is -0.491 e. The number of piperidine rings is 1. The standard InChI is InChI=1S/C15H22FNO2/c1-18-10-11-19-15-7-5-6-14(16)13(15)12-17-8-3-2-4-9-17/h5-7H,2-4,8-12H2,1H3. The topological polar surface area (TPSA) is 21.7 Å². The van der Waals surface area contributed by atoms with E-state index >= 15 is 0 Å². The molecule has 3 nitrogen and oxygen atoms in total. The molecule has 1 aliphatic heterocycles. The van der Waals surface area contributed by atoms with Crippen molar-refractivity contribution in [2.24, 2.45) is 0 Å². The van der Waals surface area contributed by atoms with Crippen LogP contribution < -0.4 is 4.74 Å². The number of hydrogen-bond donors (Lipinski definition) is 0. The summed E-state index contributed by atoms with van der Waals surface area (Å²) in [6.45, 7) is 3.69. The van der Waals surface area contributed by atoms with Crippen LogP contribution in [-0.4, -0.2) is 38.3 Å². The molecular formula is C15H22FNO2. The van der Waals surface area contributed by atoms with E-state index in [-0.39, 0.29) is 5.82 Å². The summed E-state index contributed by atoms with van der Waals surface area (Å²) in [5, 5.41) is 0. The molecule has 0 unspecified atom stereocenters. The van der Waals surface area contributed by atoms with Gasteiger partial charge in [0.2, 0.25) is 0 Å². The zero-order chi connectivity index (χ0) is 13.5. The molecule has 0 bridgehead atoms. The summed E-state index contributed by atoms with van der Waals surface area (Å²) in [4.78, 5) is 2.30. The zero-order valence-electron chi connectivity index (χ0n) is 11.5. The van der Waals surface area contributed by atoms with Gasteiger partial charge in [-0.25, -0.2) is 4.39 Å². The summed E-state index contributed by atoms with van der Waals surface area (Å²) >= 11 is 0. The summed E-state index contributed by atoms with van der Waals surface area (Å²) in [6, 6.07) is 5.03. The second kappa shape index (κ2) is 7.46. The van der Waals surface area contributed by atoms with Crippen molar-refractivity contribution < 1.29 is 13.9 Å². The lowest BCUT2D eigenvalue weighted by Crippen LogP contribution is -2.29. The molecule has 0 aromatic heterocycles. The van der Waals surface area contributed by atoms with Crippen molar-refractivity contribution in [1.29, 1.82) is 0 Å². The van der Waals surface area contributed by atoms with E-state index in [2.05, 4.69) is 4.90 Å². The molecule has 106 valence electrons. The van der Waals surface area contributed by atoms with Crippen molar-refractivity contribution in [3.63, 3.8) is 0 Å². The van der Waals surface area contributed by atoms with E-state index in [9.17, 15) is 4.39 Å². The second-order valence-corrected chi connectivity index (χ2v) is 4.89. The first-order valence-electron chi connectivity index (χ1n) is 6.92. The van der Waals surface area contributed by atoms with Crippen LogP contribution in [-0.2, 0) is 11.3 Å². The normalized spacial score (nSPS) is 16.5. The Morgan fingerprint density at radius 3 is 2.68 bits per heavy atom. The van der Waals surface area contributed by atoms with Gasteiger partial charge in [0.05, 0.1) is 6.61 Å². The number of hydrogen-bond acceptors (Lipinski definition) is 3. The van der Waals surface area contributed by atoms with Crippen LogP contribution in [0.5, 0.6) is 5.75 Å². The molecule has 4 heteroatoms. The molecule has 0 amide bonds. The fourth-order valence-corrected chi connectivity index (χ4v) is 2.40. The quantitative estimate of drug-likeness (QED) is 0.740. The van der Waals surface area contributed by atoms with E-state index in [4.69, 9.17) is 9.47 Å². The Labute approximate surface area is 114 Å². The molecule has 1 aromatic carbocycles. The van der Waals surface area contributed by atoms with E-state index in [1.165, 1.54) is 25.3 Å². The molecule has 1 fully saturated rings. The zero-order valence-corrected chi connectivity index (χ0v) is 11.5. The van der Waals surface area contributed by atoms with Crippen molar-refractivity contribution >= 4 is 0 Å². The third-order valence-corrected chi connectivity index (χ3v) is 3.45. The van der Waals surface area contributed by atoms with E-state index in [0.29, 0.717) is 31.1 Å². The van der Waals surface area contributed by atoms with Gasteiger partial charge in [-0.05, 0) is 38.1 Å². The summed E-state index contributed by atoms with van der Waals surface area (Å²) < 4.78 is 24.5. The van der Waals surface area contributed by atoms with Crippen LogP contribution >= 0.6 is 0 Å². The highest BCUT2D eigenvalue weighted by molar-refractivity contribution is 5.34. The predicted molar refractivity (Wildman–Crippen MR) is 72.9 cm³/mol. The molecule has 1 aliphatic rings. The molecule has 1 saturated heterocycles. The highest BCUT2D eigenvalue weighted by Crippen LogP contribution is 2.24. The minimum atomic E-state index is -0.180. The van der Waals surface area contributed by atoms with E-state index < -0.39 is 0 Å². The number of likely N-dealkylation sites (tertiary alicyclic amines) is 1. The van der Waals surface area contributed by atoms with Gasteiger partial charge in [-0.3, -0.25) is 4.90 Å². The van der Waals surface area contributed by atoms with Crippen molar-refractivity contribution in [2.45, 2.75) is 25.8 Å². The van der Waals surface area contributed by atoms with Gasteiger partial charge in [0, 0.05) is 19.2 Å². The van der Waals surface area contributed by atoms with Gasteiger partial charge >= 0.3 is 0 Å². The number of benzene rings is 1. The molecule has 2 rings (SSSR count). The molecule has 1 heterocycles. The SMILES string of the molecule is COCCOc1cccc(F)c1CN1CCCCC1. The monoisotopic (exact) mass is 267 g/mol. The van der Waals surface area contributed by atoms with Gasteiger partial charge in [-0.2, -0.15) is 0 Å². The van der Waals surface area contributed by atoms with Crippen molar-refractivity contribution in [1.82, 2.24) is 4.90 Å². The fourth-order valence-electron chi connectivity index (χ4n) is 2.40. The van der Waals surface area contributed by atoms with Gasteiger partial charge in [0.25, 0.3) is 0 Å². The van der Waals surface area contributed by atoms with Crippen LogP contribution in [0.3, 0.4) is 0 Å². The maximum Gasteiger partial charge on any atom is 0.131 e. The maximum atomic E-state index is 14.0. The summed E-state index contributed by atoms with van der Waals surface area (Å²) in [6.07, 6.45) is 3.69. The number of ether oxygens (including phenoxy) is 2. The average Bonchev–Trinajstić information content (AvgIpc) is 2.44. The second-order valence-electron chi connectivity index (χ2n) is 4.89. The first kappa shape index (κ1) is 14.3. The lowest BCUT2D eigenvalue weighted by Gasteiger charge is -2.27. The van der Waals surface area contributed by atoms with Crippen LogP contribution in [0.15, 0.2) is 18.2 Å². The third kappa shape index (κ3) is 4.18. The van der Waals surface area contributed by atoms with Crippen LogP contribution in [0.4, 0.5) is 4.39 Å². The van der Waals surface area contributed by atoms with E-state index in [1.807, 2.05) is 6.07 Å². The van der Waals surface area contributed by atoms with Crippen molar-refractivity contribution in [3.8, 4) is 5.75 Å². The highest BCUT2D eigenvalue weighted by atomic mass is 19.1. The molecular weight excluding hydrogens is 245 g/mol. The minimum absolute atomic E-state index is 0.180. The van der Waals surface area contributed by atoms with Gasteiger partial charge in [-0.1, -0.05) is 12.5 Å². The van der Waals surface area contributed by atoms with Crippen LogP contribution in [0.2, 0.25) is 0 Å². The Morgan fingerprint density at radius 2 is 1.95 bits per heavy atom. The Balaban J connectivity index is 2.03. The molecule has 0 atom stereocenters.